The first-order valence-electron chi connectivity index (χ1n) is 12.1. The van der Waals surface area contributed by atoms with Crippen LogP contribution in [0.15, 0.2) is 84.9 Å². The lowest BCUT2D eigenvalue weighted by Crippen LogP contribution is -2.54. The summed E-state index contributed by atoms with van der Waals surface area (Å²) in [5.74, 6) is 1.51. The zero-order valence-electron chi connectivity index (χ0n) is 21.6. The van der Waals surface area contributed by atoms with Gasteiger partial charge in [-0.3, -0.25) is 9.59 Å². The van der Waals surface area contributed by atoms with E-state index < -0.39 is 11.6 Å². The Hall–Kier alpha value is -3.25. The molecule has 190 valence electrons. The zero-order valence-corrected chi connectivity index (χ0v) is 22.4. The molecule has 3 rings (SSSR count). The van der Waals surface area contributed by atoms with Gasteiger partial charge in [0.15, 0.2) is 0 Å². The maximum Gasteiger partial charge on any atom is 0.243 e. The predicted molar refractivity (Wildman–Crippen MR) is 148 cm³/mol. The second kappa shape index (κ2) is 13.2. The Kier molecular flexibility index (Phi) is 10.00. The fraction of sp³-hybridized carbons (Fsp3) is 0.333. The Labute approximate surface area is 219 Å². The molecule has 3 aromatic carbocycles. The lowest BCUT2D eigenvalue weighted by Gasteiger charge is -2.34. The largest absolute Gasteiger partial charge is 0.497 e. The van der Waals surface area contributed by atoms with Crippen molar-refractivity contribution in [3.8, 4) is 5.75 Å². The van der Waals surface area contributed by atoms with Gasteiger partial charge in [-0.05, 0) is 49.6 Å². The van der Waals surface area contributed by atoms with Crippen LogP contribution >= 0.6 is 11.8 Å². The van der Waals surface area contributed by atoms with Crippen molar-refractivity contribution in [3.05, 3.63) is 102 Å². The highest BCUT2D eigenvalue weighted by atomic mass is 32.2. The molecule has 1 N–H and O–H groups in total. The van der Waals surface area contributed by atoms with E-state index in [0.717, 1.165) is 22.6 Å². The molecule has 5 nitrogen and oxygen atoms in total. The smallest absolute Gasteiger partial charge is 0.243 e. The summed E-state index contributed by atoms with van der Waals surface area (Å²) in [5, 5.41) is 3.10. The van der Waals surface area contributed by atoms with Crippen molar-refractivity contribution in [1.29, 1.82) is 0 Å². The molecule has 0 fully saturated rings. The molecule has 0 aromatic heterocycles. The number of hydrogen-bond donors (Lipinski definition) is 1. The molecule has 6 heteroatoms. The lowest BCUT2D eigenvalue weighted by atomic mass is 10.0. The van der Waals surface area contributed by atoms with Crippen molar-refractivity contribution in [2.45, 2.75) is 51.1 Å². The van der Waals surface area contributed by atoms with Crippen LogP contribution in [0.4, 0.5) is 0 Å². The van der Waals surface area contributed by atoms with Crippen molar-refractivity contribution >= 4 is 23.6 Å². The van der Waals surface area contributed by atoms with Crippen molar-refractivity contribution in [2.24, 2.45) is 0 Å². The van der Waals surface area contributed by atoms with Gasteiger partial charge < -0.3 is 15.0 Å². The Morgan fingerprint density at radius 3 is 2.11 bits per heavy atom. The van der Waals surface area contributed by atoms with Crippen molar-refractivity contribution in [1.82, 2.24) is 10.2 Å². The molecule has 3 aromatic rings. The zero-order chi connectivity index (χ0) is 26.0. The van der Waals surface area contributed by atoms with E-state index >= 15 is 0 Å². The van der Waals surface area contributed by atoms with Gasteiger partial charge in [-0.1, -0.05) is 72.8 Å². The van der Waals surface area contributed by atoms with Gasteiger partial charge in [-0.15, -0.1) is 11.8 Å². The van der Waals surface area contributed by atoms with E-state index in [1.807, 2.05) is 93.6 Å². The highest BCUT2D eigenvalue weighted by molar-refractivity contribution is 7.99. The summed E-state index contributed by atoms with van der Waals surface area (Å²) in [6.07, 6.45) is 0.432. The average molecular weight is 505 g/mol. The van der Waals surface area contributed by atoms with E-state index in [1.165, 1.54) is 5.56 Å². The van der Waals surface area contributed by atoms with Gasteiger partial charge >= 0.3 is 0 Å². The van der Waals surface area contributed by atoms with Crippen molar-refractivity contribution in [3.63, 3.8) is 0 Å². The van der Waals surface area contributed by atoms with Gasteiger partial charge in [0.1, 0.15) is 11.8 Å². The predicted octanol–water partition coefficient (Wildman–Crippen LogP) is 5.48. The fourth-order valence-electron chi connectivity index (χ4n) is 3.89. The topological polar surface area (TPSA) is 58.6 Å². The summed E-state index contributed by atoms with van der Waals surface area (Å²) in [6, 6.07) is 27.0. The molecule has 0 aliphatic heterocycles. The molecule has 0 saturated heterocycles. The molecule has 1 atom stereocenters. The molecule has 36 heavy (non-hydrogen) atoms. The highest BCUT2D eigenvalue weighted by Gasteiger charge is 2.32. The highest BCUT2D eigenvalue weighted by Crippen LogP contribution is 2.21. The number of hydrogen-bond acceptors (Lipinski definition) is 4. The molecule has 0 radical (unpaired) electrons. The maximum atomic E-state index is 13.7. The second-order valence-corrected chi connectivity index (χ2v) is 10.8. The Bertz CT molecular complexity index is 1110. The van der Waals surface area contributed by atoms with Crippen molar-refractivity contribution in [2.75, 3.05) is 12.9 Å². The molecule has 0 saturated carbocycles. The second-order valence-electron chi connectivity index (χ2n) is 9.80. The quantitative estimate of drug-likeness (QED) is 0.376. The summed E-state index contributed by atoms with van der Waals surface area (Å²) in [5.41, 5.74) is 2.67. The number of benzene rings is 3. The minimum Gasteiger partial charge on any atom is -0.497 e. The van der Waals surface area contributed by atoms with Gasteiger partial charge in [0.2, 0.25) is 11.8 Å². The van der Waals surface area contributed by atoms with Crippen LogP contribution in [0.3, 0.4) is 0 Å². The number of thioether (sulfide) groups is 1. The fourth-order valence-corrected chi connectivity index (χ4v) is 4.76. The van der Waals surface area contributed by atoms with Gasteiger partial charge in [0.05, 0.1) is 12.9 Å². The van der Waals surface area contributed by atoms with Gasteiger partial charge in [-0.2, -0.15) is 0 Å². The minimum absolute atomic E-state index is 0.0660. The van der Waals surface area contributed by atoms with E-state index in [-0.39, 0.29) is 17.6 Å². The van der Waals surface area contributed by atoms with Crippen LogP contribution in [0.25, 0.3) is 0 Å². The van der Waals surface area contributed by atoms with Crippen LogP contribution in [0.2, 0.25) is 0 Å². The van der Waals surface area contributed by atoms with Crippen LogP contribution < -0.4 is 10.1 Å². The summed E-state index contributed by atoms with van der Waals surface area (Å²) >= 11 is 1.56. The summed E-state index contributed by atoms with van der Waals surface area (Å²) in [7, 11) is 1.62. The monoisotopic (exact) mass is 504 g/mol. The van der Waals surface area contributed by atoms with E-state index in [0.29, 0.717) is 13.0 Å². The molecule has 2 amide bonds. The number of nitrogens with one attached hydrogen (secondary N) is 1. The number of carbonyl (C=O) groups is 2. The van der Waals surface area contributed by atoms with Crippen LogP contribution in [0.5, 0.6) is 5.75 Å². The Morgan fingerprint density at radius 2 is 1.50 bits per heavy atom. The number of methoxy groups -OCH3 is 1. The summed E-state index contributed by atoms with van der Waals surface area (Å²) < 4.78 is 5.39. The number of ether oxygens (including phenoxy) is 1. The SMILES string of the molecule is COc1cccc(CN(C(=O)CSCc2ccccc2)[C@@H](Cc2ccccc2)C(=O)NC(C)(C)C)c1. The summed E-state index contributed by atoms with van der Waals surface area (Å²) in [4.78, 5) is 29.0. The molecule has 0 aliphatic carbocycles. The first-order valence-corrected chi connectivity index (χ1v) is 13.3. The third-order valence-corrected chi connectivity index (χ3v) is 6.58. The van der Waals surface area contributed by atoms with E-state index in [4.69, 9.17) is 4.74 Å². The molecule has 0 bridgehead atoms. The molecular formula is C30H36N2O3S. The van der Waals surface area contributed by atoms with Crippen LogP contribution in [-0.4, -0.2) is 41.2 Å². The molecular weight excluding hydrogens is 468 g/mol. The van der Waals surface area contributed by atoms with Gasteiger partial charge in [0, 0.05) is 24.3 Å². The van der Waals surface area contributed by atoms with Gasteiger partial charge in [-0.25, -0.2) is 0 Å². The molecule has 0 unspecified atom stereocenters. The molecule has 0 aliphatic rings. The number of rotatable bonds is 11. The van der Waals surface area contributed by atoms with Crippen molar-refractivity contribution < 1.29 is 14.3 Å². The van der Waals surface area contributed by atoms with Crippen LogP contribution in [0, 0.1) is 0 Å². The number of amides is 2. The van der Waals surface area contributed by atoms with E-state index in [2.05, 4.69) is 17.4 Å². The minimum atomic E-state index is -0.650. The normalized spacial score (nSPS) is 12.0. The average Bonchev–Trinajstić information content (AvgIpc) is 2.86. The standard InChI is InChI=1S/C30H36N2O3S/c1-30(2,3)31-29(34)27(19-23-12-7-5-8-13-23)32(20-25-16-11-17-26(18-25)35-4)28(33)22-36-21-24-14-9-6-10-15-24/h5-18,27H,19-22H2,1-4H3,(H,31,34)/t27-/m0/s1. The van der Waals surface area contributed by atoms with Crippen LogP contribution in [-0.2, 0) is 28.3 Å². The first-order chi connectivity index (χ1) is 17.2. The molecule has 0 spiro atoms. The summed E-state index contributed by atoms with van der Waals surface area (Å²) in [6.45, 7) is 6.17. The third-order valence-electron chi connectivity index (χ3n) is 5.59. The van der Waals surface area contributed by atoms with E-state index in [1.54, 1.807) is 23.8 Å². The van der Waals surface area contributed by atoms with E-state index in [9.17, 15) is 9.59 Å². The molecule has 0 heterocycles. The van der Waals surface area contributed by atoms with Crippen LogP contribution in [0.1, 0.15) is 37.5 Å². The third kappa shape index (κ3) is 8.76. The Balaban J connectivity index is 1.89. The maximum absolute atomic E-state index is 13.7. The first kappa shape index (κ1) is 27.3. The number of carbonyl (C=O) groups excluding carboxylic acids is 2. The Morgan fingerprint density at radius 1 is 0.889 bits per heavy atom. The van der Waals surface area contributed by atoms with Gasteiger partial charge in [0.25, 0.3) is 0 Å². The lowest BCUT2D eigenvalue weighted by molar-refractivity contribution is -0.140. The number of nitrogens with zero attached hydrogens (tertiary/aromatic N) is 1.